The Balaban J connectivity index is 1.50. The molecule has 1 aliphatic heterocycles. The van der Waals surface area contributed by atoms with Crippen LogP contribution in [0.2, 0.25) is 0 Å². The first-order chi connectivity index (χ1) is 13.3. The Morgan fingerprint density at radius 2 is 2.11 bits per heavy atom. The van der Waals surface area contributed by atoms with Crippen molar-refractivity contribution in [1.29, 1.82) is 0 Å². The third-order valence-corrected chi connectivity index (χ3v) is 5.21. The fraction of sp³-hybridized carbons (Fsp3) is 0.316. The summed E-state index contributed by atoms with van der Waals surface area (Å²) in [5.74, 6) is 0.813. The maximum atomic E-state index is 13.2. The molecule has 1 saturated heterocycles. The number of likely N-dealkylation sites (tertiary alicyclic amines) is 1. The van der Waals surface area contributed by atoms with Crippen LogP contribution in [0.25, 0.3) is 16.7 Å². The number of aromatic nitrogens is 6. The molecule has 1 fully saturated rings. The molecule has 0 bridgehead atoms. The predicted octanol–water partition coefficient (Wildman–Crippen LogP) is 2.47. The second-order valence-electron chi connectivity index (χ2n) is 6.75. The van der Waals surface area contributed by atoms with E-state index >= 15 is 0 Å². The molecule has 1 aliphatic rings. The van der Waals surface area contributed by atoms with Crippen LogP contribution < -0.4 is 0 Å². The molecule has 4 heterocycles. The Bertz CT molecular complexity index is 1150. The summed E-state index contributed by atoms with van der Waals surface area (Å²) in [4.78, 5) is 15.1. The van der Waals surface area contributed by atoms with Crippen LogP contribution in [0.4, 0.5) is 0 Å². The summed E-state index contributed by atoms with van der Waals surface area (Å²) >= 11 is 0. The third kappa shape index (κ3) is 2.48. The molecule has 27 heavy (non-hydrogen) atoms. The Hall–Kier alpha value is -3.29. The topological polar surface area (TPSA) is 81.2 Å². The van der Waals surface area contributed by atoms with Crippen molar-refractivity contribution in [3.8, 4) is 0 Å². The summed E-state index contributed by atoms with van der Waals surface area (Å²) in [7, 11) is 0. The zero-order valence-corrected chi connectivity index (χ0v) is 15.0. The number of carbonyl (C=O) groups excluding carboxylic acids is 1. The van der Waals surface area contributed by atoms with Crippen LogP contribution in [0.5, 0.6) is 0 Å². The predicted molar refractivity (Wildman–Crippen MR) is 99.2 cm³/mol. The molecular formula is C19H19N7O. The summed E-state index contributed by atoms with van der Waals surface area (Å²) in [6, 6.07) is 11.3. The third-order valence-electron chi connectivity index (χ3n) is 5.21. The highest BCUT2D eigenvalue weighted by atomic mass is 16.2. The SMILES string of the molecule is CCn1nnc2cc(C(=O)N3CCC[C@@H]3c3nnc4ccccn34)ccc21. The molecule has 0 saturated carbocycles. The van der Waals surface area contributed by atoms with Gasteiger partial charge in [0.1, 0.15) is 5.52 Å². The molecule has 4 aromatic rings. The first kappa shape index (κ1) is 15.9. The number of benzene rings is 1. The number of fused-ring (bicyclic) bond motifs is 2. The fourth-order valence-electron chi connectivity index (χ4n) is 3.87. The van der Waals surface area contributed by atoms with E-state index in [1.807, 2.05) is 63.5 Å². The number of aryl methyl sites for hydroxylation is 1. The molecule has 5 rings (SSSR count). The molecule has 3 aromatic heterocycles. The maximum absolute atomic E-state index is 13.2. The van der Waals surface area contributed by atoms with Gasteiger partial charge in [-0.15, -0.1) is 15.3 Å². The van der Waals surface area contributed by atoms with Crippen molar-refractivity contribution in [1.82, 2.24) is 34.5 Å². The van der Waals surface area contributed by atoms with Crippen LogP contribution in [0, 0.1) is 0 Å². The molecule has 1 amide bonds. The number of pyridine rings is 1. The second-order valence-corrected chi connectivity index (χ2v) is 6.75. The Kier molecular flexibility index (Phi) is 3.63. The van der Waals surface area contributed by atoms with Gasteiger partial charge in [-0.2, -0.15) is 0 Å². The van der Waals surface area contributed by atoms with Crippen molar-refractivity contribution in [2.45, 2.75) is 32.4 Å². The van der Waals surface area contributed by atoms with Gasteiger partial charge < -0.3 is 4.90 Å². The number of rotatable bonds is 3. The molecule has 0 N–H and O–H groups in total. The van der Waals surface area contributed by atoms with Crippen LogP contribution in [-0.4, -0.2) is 46.9 Å². The fourth-order valence-corrected chi connectivity index (χ4v) is 3.87. The summed E-state index contributed by atoms with van der Waals surface area (Å²) in [5.41, 5.74) is 3.11. The van der Waals surface area contributed by atoms with Crippen molar-refractivity contribution in [3.63, 3.8) is 0 Å². The van der Waals surface area contributed by atoms with E-state index in [1.54, 1.807) is 0 Å². The van der Waals surface area contributed by atoms with Crippen LogP contribution in [0.1, 0.15) is 42.0 Å². The Labute approximate surface area is 155 Å². The van der Waals surface area contributed by atoms with Crippen LogP contribution >= 0.6 is 0 Å². The first-order valence-electron chi connectivity index (χ1n) is 9.20. The van der Waals surface area contributed by atoms with Crippen molar-refractivity contribution >= 4 is 22.6 Å². The van der Waals surface area contributed by atoms with Gasteiger partial charge in [0.05, 0.1) is 11.6 Å². The number of carbonyl (C=O) groups is 1. The van der Waals surface area contributed by atoms with E-state index in [2.05, 4.69) is 20.5 Å². The van der Waals surface area contributed by atoms with E-state index in [9.17, 15) is 4.79 Å². The average molecular weight is 361 g/mol. The normalized spacial score (nSPS) is 17.2. The average Bonchev–Trinajstić information content (AvgIpc) is 3.43. The lowest BCUT2D eigenvalue weighted by molar-refractivity contribution is 0.0729. The van der Waals surface area contributed by atoms with E-state index < -0.39 is 0 Å². The number of hydrogen-bond donors (Lipinski definition) is 0. The van der Waals surface area contributed by atoms with Crippen molar-refractivity contribution < 1.29 is 4.79 Å². The molecule has 8 heteroatoms. The zero-order valence-electron chi connectivity index (χ0n) is 15.0. The molecule has 1 atom stereocenters. The standard InChI is InChI=1S/C19H19N7O/c1-2-26-15-9-8-13(12-14(15)20-23-26)19(27)24-11-5-6-16(24)18-22-21-17-7-3-4-10-25(17)18/h3-4,7-10,12,16H,2,5-6,11H2,1H3/t16-/m1/s1. The molecule has 0 aliphatic carbocycles. The van der Waals surface area contributed by atoms with Gasteiger partial charge in [0.15, 0.2) is 11.5 Å². The minimum absolute atomic E-state index is 0.00173. The highest BCUT2D eigenvalue weighted by molar-refractivity contribution is 5.97. The summed E-state index contributed by atoms with van der Waals surface area (Å²) in [6.45, 7) is 3.48. The highest BCUT2D eigenvalue weighted by Gasteiger charge is 2.33. The van der Waals surface area contributed by atoms with E-state index in [0.29, 0.717) is 12.1 Å². The van der Waals surface area contributed by atoms with Crippen molar-refractivity contribution in [3.05, 3.63) is 54.0 Å². The minimum Gasteiger partial charge on any atom is -0.328 e. The van der Waals surface area contributed by atoms with Gasteiger partial charge in [-0.05, 0) is 50.1 Å². The van der Waals surface area contributed by atoms with Crippen LogP contribution in [0.3, 0.4) is 0 Å². The molecule has 0 radical (unpaired) electrons. The quantitative estimate of drug-likeness (QED) is 0.560. The molecule has 136 valence electrons. The largest absolute Gasteiger partial charge is 0.328 e. The van der Waals surface area contributed by atoms with Crippen LogP contribution in [0.15, 0.2) is 42.6 Å². The molecule has 8 nitrogen and oxygen atoms in total. The maximum Gasteiger partial charge on any atom is 0.254 e. The lowest BCUT2D eigenvalue weighted by atomic mass is 10.1. The molecule has 0 unspecified atom stereocenters. The van der Waals surface area contributed by atoms with Crippen LogP contribution in [-0.2, 0) is 6.54 Å². The lowest BCUT2D eigenvalue weighted by Gasteiger charge is -2.23. The van der Waals surface area contributed by atoms with Gasteiger partial charge in [-0.1, -0.05) is 11.3 Å². The minimum atomic E-state index is -0.0723. The van der Waals surface area contributed by atoms with Gasteiger partial charge in [0, 0.05) is 24.8 Å². The van der Waals surface area contributed by atoms with Crippen molar-refractivity contribution in [2.24, 2.45) is 0 Å². The summed E-state index contributed by atoms with van der Waals surface area (Å²) in [5, 5.41) is 16.9. The highest BCUT2D eigenvalue weighted by Crippen LogP contribution is 2.32. The van der Waals surface area contributed by atoms with Gasteiger partial charge in [0.25, 0.3) is 5.91 Å². The Morgan fingerprint density at radius 1 is 1.19 bits per heavy atom. The first-order valence-corrected chi connectivity index (χ1v) is 9.20. The molecular weight excluding hydrogens is 342 g/mol. The molecule has 1 aromatic carbocycles. The summed E-state index contributed by atoms with van der Waals surface area (Å²) < 4.78 is 3.79. The van der Waals surface area contributed by atoms with Gasteiger partial charge in [-0.3, -0.25) is 9.20 Å². The van der Waals surface area contributed by atoms with E-state index in [0.717, 1.165) is 41.9 Å². The van der Waals surface area contributed by atoms with Gasteiger partial charge in [-0.25, -0.2) is 4.68 Å². The zero-order chi connectivity index (χ0) is 18.4. The van der Waals surface area contributed by atoms with Gasteiger partial charge in [0.2, 0.25) is 0 Å². The van der Waals surface area contributed by atoms with E-state index in [-0.39, 0.29) is 11.9 Å². The molecule has 0 spiro atoms. The van der Waals surface area contributed by atoms with E-state index in [4.69, 9.17) is 0 Å². The lowest BCUT2D eigenvalue weighted by Crippen LogP contribution is -2.31. The van der Waals surface area contributed by atoms with Gasteiger partial charge >= 0.3 is 0 Å². The summed E-state index contributed by atoms with van der Waals surface area (Å²) in [6.07, 6.45) is 3.78. The Morgan fingerprint density at radius 3 is 3.00 bits per heavy atom. The number of amides is 1. The number of hydrogen-bond acceptors (Lipinski definition) is 5. The van der Waals surface area contributed by atoms with Crippen molar-refractivity contribution in [2.75, 3.05) is 6.54 Å². The van der Waals surface area contributed by atoms with E-state index in [1.165, 1.54) is 0 Å². The number of nitrogens with zero attached hydrogens (tertiary/aromatic N) is 7. The smallest absolute Gasteiger partial charge is 0.254 e. The monoisotopic (exact) mass is 361 g/mol. The second kappa shape index (κ2) is 6.15.